The van der Waals surface area contributed by atoms with E-state index >= 15 is 0 Å². The highest BCUT2D eigenvalue weighted by molar-refractivity contribution is 6.02. The minimum absolute atomic E-state index is 0.0291. The van der Waals surface area contributed by atoms with E-state index in [2.05, 4.69) is 0 Å². The van der Waals surface area contributed by atoms with Crippen LogP contribution in [0, 0.1) is 11.2 Å². The molecule has 0 radical (unpaired) electrons. The zero-order chi connectivity index (χ0) is 19.0. The summed E-state index contributed by atoms with van der Waals surface area (Å²) < 4.78 is 13.8. The second-order valence-electron chi connectivity index (χ2n) is 8.01. The van der Waals surface area contributed by atoms with Gasteiger partial charge in [-0.1, -0.05) is 25.0 Å². The predicted molar refractivity (Wildman–Crippen MR) is 103 cm³/mol. The fourth-order valence-corrected chi connectivity index (χ4v) is 4.71. The SMILES string of the molecule is CC(=O)c1ccc(F)cc1-c1cccc(C(=O)N2CCC3(CCCC3)C2)c1. The van der Waals surface area contributed by atoms with Gasteiger partial charge in [-0.05, 0) is 73.1 Å². The van der Waals surface area contributed by atoms with E-state index in [1.807, 2.05) is 11.0 Å². The quantitative estimate of drug-likeness (QED) is 0.710. The molecule has 0 unspecified atom stereocenters. The molecule has 0 N–H and O–H groups in total. The van der Waals surface area contributed by atoms with Gasteiger partial charge < -0.3 is 4.90 Å². The zero-order valence-corrected chi connectivity index (χ0v) is 15.6. The van der Waals surface area contributed by atoms with Crippen molar-refractivity contribution in [3.05, 3.63) is 59.4 Å². The van der Waals surface area contributed by atoms with Crippen LogP contribution in [0.3, 0.4) is 0 Å². The molecule has 1 aliphatic heterocycles. The number of halogens is 1. The minimum atomic E-state index is -0.394. The lowest BCUT2D eigenvalue weighted by molar-refractivity contribution is 0.0773. The maximum absolute atomic E-state index is 13.8. The molecule has 2 aromatic rings. The summed E-state index contributed by atoms with van der Waals surface area (Å²) in [5, 5.41) is 0. The van der Waals surface area contributed by atoms with Crippen LogP contribution in [0.5, 0.6) is 0 Å². The molecule has 0 bridgehead atoms. The molecule has 4 heteroatoms. The number of carbonyl (C=O) groups excluding carboxylic acids is 2. The van der Waals surface area contributed by atoms with E-state index in [9.17, 15) is 14.0 Å². The van der Waals surface area contributed by atoms with Gasteiger partial charge >= 0.3 is 0 Å². The number of hydrogen-bond donors (Lipinski definition) is 0. The Morgan fingerprint density at radius 1 is 1.04 bits per heavy atom. The molecule has 140 valence electrons. The smallest absolute Gasteiger partial charge is 0.253 e. The summed E-state index contributed by atoms with van der Waals surface area (Å²) in [5.74, 6) is -0.486. The number of rotatable bonds is 3. The number of nitrogens with zero attached hydrogens (tertiary/aromatic N) is 1. The third kappa shape index (κ3) is 3.41. The largest absolute Gasteiger partial charge is 0.338 e. The maximum Gasteiger partial charge on any atom is 0.253 e. The van der Waals surface area contributed by atoms with E-state index in [-0.39, 0.29) is 11.7 Å². The van der Waals surface area contributed by atoms with Crippen molar-refractivity contribution in [2.24, 2.45) is 5.41 Å². The maximum atomic E-state index is 13.8. The first kappa shape index (κ1) is 17.9. The lowest BCUT2D eigenvalue weighted by Gasteiger charge is -2.23. The van der Waals surface area contributed by atoms with Crippen LogP contribution in [0.1, 0.15) is 59.7 Å². The van der Waals surface area contributed by atoms with E-state index in [0.717, 1.165) is 19.5 Å². The van der Waals surface area contributed by atoms with Crippen LogP contribution in [0.25, 0.3) is 11.1 Å². The highest BCUT2D eigenvalue weighted by Crippen LogP contribution is 2.45. The van der Waals surface area contributed by atoms with Gasteiger partial charge in [-0.15, -0.1) is 0 Å². The number of ketones is 1. The van der Waals surface area contributed by atoms with E-state index in [4.69, 9.17) is 0 Å². The Bertz CT molecular complexity index is 899. The van der Waals surface area contributed by atoms with Crippen molar-refractivity contribution in [2.45, 2.75) is 39.0 Å². The van der Waals surface area contributed by atoms with Gasteiger partial charge in [0.25, 0.3) is 5.91 Å². The van der Waals surface area contributed by atoms with E-state index in [0.29, 0.717) is 27.7 Å². The lowest BCUT2D eigenvalue weighted by Crippen LogP contribution is -2.31. The van der Waals surface area contributed by atoms with Crippen LogP contribution >= 0.6 is 0 Å². The third-order valence-corrected chi connectivity index (χ3v) is 6.17. The van der Waals surface area contributed by atoms with Crippen molar-refractivity contribution in [3.63, 3.8) is 0 Å². The molecule has 2 fully saturated rings. The molecule has 1 spiro atoms. The molecule has 2 aromatic carbocycles. The highest BCUT2D eigenvalue weighted by Gasteiger charge is 2.41. The molecule has 3 nitrogen and oxygen atoms in total. The number of likely N-dealkylation sites (tertiary alicyclic amines) is 1. The van der Waals surface area contributed by atoms with Gasteiger partial charge in [-0.2, -0.15) is 0 Å². The molecule has 0 atom stereocenters. The van der Waals surface area contributed by atoms with Crippen molar-refractivity contribution in [1.82, 2.24) is 4.90 Å². The number of amides is 1. The predicted octanol–water partition coefficient (Wildman–Crippen LogP) is 5.10. The summed E-state index contributed by atoms with van der Waals surface area (Å²) in [4.78, 5) is 26.9. The topological polar surface area (TPSA) is 37.4 Å². The summed E-state index contributed by atoms with van der Waals surface area (Å²) in [5.41, 5.74) is 2.62. The van der Waals surface area contributed by atoms with Gasteiger partial charge in [-0.3, -0.25) is 9.59 Å². The van der Waals surface area contributed by atoms with E-state index < -0.39 is 5.82 Å². The fourth-order valence-electron chi connectivity index (χ4n) is 4.71. The monoisotopic (exact) mass is 365 g/mol. The molecule has 1 aliphatic carbocycles. The summed E-state index contributed by atoms with van der Waals surface area (Å²) in [6, 6.07) is 11.4. The highest BCUT2D eigenvalue weighted by atomic mass is 19.1. The molecule has 1 amide bonds. The van der Waals surface area contributed by atoms with Gasteiger partial charge in [0.05, 0.1) is 0 Å². The first-order valence-corrected chi connectivity index (χ1v) is 9.68. The lowest BCUT2D eigenvalue weighted by atomic mass is 9.86. The Morgan fingerprint density at radius 3 is 2.56 bits per heavy atom. The van der Waals surface area contributed by atoms with Crippen molar-refractivity contribution in [1.29, 1.82) is 0 Å². The molecular formula is C23H24FNO2. The summed E-state index contributed by atoms with van der Waals surface area (Å²) in [6.45, 7) is 3.12. The van der Waals surface area contributed by atoms with Crippen molar-refractivity contribution in [2.75, 3.05) is 13.1 Å². The Balaban J connectivity index is 1.63. The Labute approximate surface area is 159 Å². The summed E-state index contributed by atoms with van der Waals surface area (Å²) in [7, 11) is 0. The number of carbonyl (C=O) groups is 2. The Kier molecular flexibility index (Phi) is 4.58. The van der Waals surface area contributed by atoms with E-state index in [1.165, 1.54) is 50.8 Å². The molecule has 1 saturated heterocycles. The minimum Gasteiger partial charge on any atom is -0.338 e. The van der Waals surface area contributed by atoms with Gasteiger partial charge in [0.2, 0.25) is 0 Å². The molecular weight excluding hydrogens is 341 g/mol. The van der Waals surface area contributed by atoms with Gasteiger partial charge in [-0.25, -0.2) is 4.39 Å². The van der Waals surface area contributed by atoms with Gasteiger partial charge in [0, 0.05) is 24.2 Å². The molecule has 1 heterocycles. The molecule has 2 aliphatic rings. The van der Waals surface area contributed by atoms with Gasteiger partial charge in [0.15, 0.2) is 5.78 Å². The third-order valence-electron chi connectivity index (χ3n) is 6.17. The van der Waals surface area contributed by atoms with Crippen molar-refractivity contribution in [3.8, 4) is 11.1 Å². The normalized spacial score (nSPS) is 18.2. The van der Waals surface area contributed by atoms with Crippen LogP contribution in [-0.2, 0) is 0 Å². The number of benzene rings is 2. The first-order valence-electron chi connectivity index (χ1n) is 9.68. The van der Waals surface area contributed by atoms with Crippen LogP contribution in [0.15, 0.2) is 42.5 Å². The average molecular weight is 365 g/mol. The first-order chi connectivity index (χ1) is 13.0. The zero-order valence-electron chi connectivity index (χ0n) is 15.6. The van der Waals surface area contributed by atoms with Crippen LogP contribution in [0.4, 0.5) is 4.39 Å². The average Bonchev–Trinajstić information content (AvgIpc) is 3.31. The molecule has 4 rings (SSSR count). The Morgan fingerprint density at radius 2 is 1.81 bits per heavy atom. The second kappa shape index (κ2) is 6.91. The van der Waals surface area contributed by atoms with Crippen LogP contribution in [-0.4, -0.2) is 29.7 Å². The van der Waals surface area contributed by atoms with Gasteiger partial charge in [0.1, 0.15) is 5.82 Å². The Hall–Kier alpha value is -2.49. The fraction of sp³-hybridized carbons (Fsp3) is 0.391. The van der Waals surface area contributed by atoms with Crippen molar-refractivity contribution < 1.29 is 14.0 Å². The van der Waals surface area contributed by atoms with Crippen LogP contribution in [0.2, 0.25) is 0 Å². The van der Waals surface area contributed by atoms with E-state index in [1.54, 1.807) is 18.2 Å². The number of Topliss-reactive ketones (excluding diaryl/α,β-unsaturated/α-hetero) is 1. The second-order valence-corrected chi connectivity index (χ2v) is 8.01. The molecule has 0 aromatic heterocycles. The molecule has 27 heavy (non-hydrogen) atoms. The summed E-state index contributed by atoms with van der Waals surface area (Å²) >= 11 is 0. The standard InChI is InChI=1S/C23H24FNO2/c1-16(26)20-8-7-19(24)14-21(20)17-5-4-6-18(13-17)22(27)25-12-11-23(15-25)9-2-3-10-23/h4-8,13-14H,2-3,9-12,15H2,1H3. The van der Waals surface area contributed by atoms with Crippen LogP contribution < -0.4 is 0 Å². The van der Waals surface area contributed by atoms with Crippen molar-refractivity contribution >= 4 is 11.7 Å². The number of hydrogen-bond acceptors (Lipinski definition) is 2. The molecule has 1 saturated carbocycles. The summed E-state index contributed by atoms with van der Waals surface area (Å²) in [6.07, 6.45) is 6.08.